The molecule has 0 saturated carbocycles. The van der Waals surface area contributed by atoms with E-state index in [0.717, 1.165) is 30.2 Å². The van der Waals surface area contributed by atoms with E-state index < -0.39 is 0 Å². The molecule has 3 rings (SSSR count). The van der Waals surface area contributed by atoms with Crippen molar-refractivity contribution in [1.29, 1.82) is 0 Å². The van der Waals surface area contributed by atoms with Crippen LogP contribution in [0, 0.1) is 0 Å². The molecule has 2 N–H and O–H groups in total. The van der Waals surface area contributed by atoms with Gasteiger partial charge in [-0.15, -0.1) is 0 Å². The van der Waals surface area contributed by atoms with Gasteiger partial charge in [0.15, 0.2) is 0 Å². The number of rotatable bonds is 7. The molecule has 0 aliphatic carbocycles. The zero-order valence-electron chi connectivity index (χ0n) is 15.4. The Kier molecular flexibility index (Phi) is 6.12. The molecular formula is C19H27N5O2. The van der Waals surface area contributed by atoms with Crippen LogP contribution >= 0.6 is 0 Å². The molecule has 1 aliphatic heterocycles. The fraction of sp³-hybridized carbons (Fsp3) is 0.474. The van der Waals surface area contributed by atoms with Crippen LogP contribution in [0.4, 0.5) is 10.6 Å². The van der Waals surface area contributed by atoms with Crippen LogP contribution < -0.4 is 15.5 Å². The van der Waals surface area contributed by atoms with E-state index in [1.54, 1.807) is 12.5 Å². The fourth-order valence-corrected chi connectivity index (χ4v) is 3.19. The number of hydrogen-bond donors (Lipinski definition) is 2. The number of hydrogen-bond acceptors (Lipinski definition) is 5. The molecule has 1 saturated heterocycles. The summed E-state index contributed by atoms with van der Waals surface area (Å²) in [6.45, 7) is 3.07. The second-order valence-corrected chi connectivity index (χ2v) is 6.75. The van der Waals surface area contributed by atoms with Crippen LogP contribution in [-0.4, -0.2) is 49.6 Å². The molecule has 140 valence electrons. The summed E-state index contributed by atoms with van der Waals surface area (Å²) < 4.78 is 5.58. The molecule has 2 aromatic heterocycles. The summed E-state index contributed by atoms with van der Waals surface area (Å²) in [6.07, 6.45) is 5.83. The SMILES string of the molecule is CN(C)c1cc(CNC(=O)NCC(c2ccco2)N2CCCC2)ccn1. The molecule has 0 radical (unpaired) electrons. The molecule has 1 unspecified atom stereocenters. The summed E-state index contributed by atoms with van der Waals surface area (Å²) in [6, 6.07) is 7.65. The van der Waals surface area contributed by atoms with Crippen molar-refractivity contribution < 1.29 is 9.21 Å². The second kappa shape index (κ2) is 8.71. The number of likely N-dealkylation sites (tertiary alicyclic amines) is 1. The van der Waals surface area contributed by atoms with Gasteiger partial charge in [-0.1, -0.05) is 0 Å². The van der Waals surface area contributed by atoms with Crippen LogP contribution in [0.2, 0.25) is 0 Å². The molecule has 0 aromatic carbocycles. The van der Waals surface area contributed by atoms with Crippen LogP contribution in [0.5, 0.6) is 0 Å². The lowest BCUT2D eigenvalue weighted by Crippen LogP contribution is -2.41. The molecular weight excluding hydrogens is 330 g/mol. The van der Waals surface area contributed by atoms with E-state index in [1.165, 1.54) is 12.8 Å². The standard InChI is InChI=1S/C19H27N5O2/c1-23(2)18-12-15(7-8-20-18)13-21-19(25)22-14-16(17-6-5-11-26-17)24-9-3-4-10-24/h5-8,11-12,16H,3-4,9-10,13-14H2,1-2H3,(H2,21,22,25). The van der Waals surface area contributed by atoms with Gasteiger partial charge in [-0.2, -0.15) is 0 Å². The average Bonchev–Trinajstić information content (AvgIpc) is 3.35. The molecule has 2 aromatic rings. The Hall–Kier alpha value is -2.54. The minimum Gasteiger partial charge on any atom is -0.468 e. The number of amides is 2. The monoisotopic (exact) mass is 357 g/mol. The molecule has 0 bridgehead atoms. The van der Waals surface area contributed by atoms with Gasteiger partial charge >= 0.3 is 6.03 Å². The summed E-state index contributed by atoms with van der Waals surface area (Å²) >= 11 is 0. The average molecular weight is 357 g/mol. The molecule has 3 heterocycles. The van der Waals surface area contributed by atoms with E-state index in [0.29, 0.717) is 13.1 Å². The van der Waals surface area contributed by atoms with Gasteiger partial charge in [0.2, 0.25) is 0 Å². The Bertz CT molecular complexity index is 696. The number of carbonyl (C=O) groups is 1. The number of carbonyl (C=O) groups excluding carboxylic acids is 1. The lowest BCUT2D eigenvalue weighted by atomic mass is 10.2. The van der Waals surface area contributed by atoms with E-state index >= 15 is 0 Å². The molecule has 1 aliphatic rings. The van der Waals surface area contributed by atoms with E-state index in [2.05, 4.69) is 20.5 Å². The zero-order valence-corrected chi connectivity index (χ0v) is 15.4. The van der Waals surface area contributed by atoms with Crippen molar-refractivity contribution in [2.45, 2.75) is 25.4 Å². The first-order chi connectivity index (χ1) is 12.6. The Morgan fingerprint density at radius 2 is 2.12 bits per heavy atom. The molecule has 1 atom stereocenters. The van der Waals surface area contributed by atoms with Crippen molar-refractivity contribution in [3.63, 3.8) is 0 Å². The summed E-state index contributed by atoms with van der Waals surface area (Å²) in [5, 5.41) is 5.89. The van der Waals surface area contributed by atoms with Crippen LogP contribution in [0.15, 0.2) is 41.1 Å². The summed E-state index contributed by atoms with van der Waals surface area (Å²) in [5.41, 5.74) is 1.01. The van der Waals surface area contributed by atoms with Crippen LogP contribution in [-0.2, 0) is 6.54 Å². The molecule has 26 heavy (non-hydrogen) atoms. The highest BCUT2D eigenvalue weighted by Gasteiger charge is 2.25. The van der Waals surface area contributed by atoms with Gasteiger partial charge in [-0.25, -0.2) is 9.78 Å². The first kappa shape index (κ1) is 18.3. The van der Waals surface area contributed by atoms with Gasteiger partial charge < -0.3 is 20.0 Å². The first-order valence-electron chi connectivity index (χ1n) is 9.05. The Morgan fingerprint density at radius 3 is 2.81 bits per heavy atom. The number of anilines is 1. The van der Waals surface area contributed by atoms with Crippen molar-refractivity contribution in [1.82, 2.24) is 20.5 Å². The topological polar surface area (TPSA) is 73.6 Å². The maximum atomic E-state index is 12.2. The van der Waals surface area contributed by atoms with Gasteiger partial charge in [-0.05, 0) is 55.8 Å². The van der Waals surface area contributed by atoms with E-state index in [1.807, 2.05) is 43.3 Å². The van der Waals surface area contributed by atoms with E-state index in [-0.39, 0.29) is 12.1 Å². The maximum absolute atomic E-state index is 12.2. The lowest BCUT2D eigenvalue weighted by Gasteiger charge is -2.26. The van der Waals surface area contributed by atoms with Crippen molar-refractivity contribution in [2.24, 2.45) is 0 Å². The third-order valence-electron chi connectivity index (χ3n) is 4.63. The number of nitrogens with zero attached hydrogens (tertiary/aromatic N) is 3. The van der Waals surface area contributed by atoms with Gasteiger partial charge in [-0.3, -0.25) is 4.90 Å². The molecule has 1 fully saturated rings. The number of furan rings is 1. The van der Waals surface area contributed by atoms with Gasteiger partial charge in [0, 0.05) is 33.4 Å². The highest BCUT2D eigenvalue weighted by Crippen LogP contribution is 2.24. The fourth-order valence-electron chi connectivity index (χ4n) is 3.19. The van der Waals surface area contributed by atoms with Gasteiger partial charge in [0.1, 0.15) is 11.6 Å². The quantitative estimate of drug-likeness (QED) is 0.796. The Morgan fingerprint density at radius 1 is 1.31 bits per heavy atom. The highest BCUT2D eigenvalue weighted by atomic mass is 16.3. The summed E-state index contributed by atoms with van der Waals surface area (Å²) in [7, 11) is 3.89. The van der Waals surface area contributed by atoms with Gasteiger partial charge in [0.25, 0.3) is 0 Å². The number of aromatic nitrogens is 1. The number of urea groups is 1. The third kappa shape index (κ3) is 4.76. The molecule has 2 amide bonds. The van der Waals surface area contributed by atoms with Crippen molar-refractivity contribution in [2.75, 3.05) is 38.6 Å². The highest BCUT2D eigenvalue weighted by molar-refractivity contribution is 5.73. The minimum absolute atomic E-state index is 0.0829. The minimum atomic E-state index is -0.177. The van der Waals surface area contributed by atoms with Crippen molar-refractivity contribution >= 4 is 11.8 Å². The Balaban J connectivity index is 1.51. The molecule has 7 nitrogen and oxygen atoms in total. The predicted octanol–water partition coefficient (Wildman–Crippen LogP) is 2.38. The third-order valence-corrected chi connectivity index (χ3v) is 4.63. The van der Waals surface area contributed by atoms with E-state index in [4.69, 9.17) is 4.42 Å². The van der Waals surface area contributed by atoms with Crippen LogP contribution in [0.3, 0.4) is 0 Å². The zero-order chi connectivity index (χ0) is 18.4. The van der Waals surface area contributed by atoms with Crippen molar-refractivity contribution in [3.05, 3.63) is 48.0 Å². The largest absolute Gasteiger partial charge is 0.468 e. The predicted molar refractivity (Wildman–Crippen MR) is 101 cm³/mol. The van der Waals surface area contributed by atoms with E-state index in [9.17, 15) is 4.79 Å². The van der Waals surface area contributed by atoms with Gasteiger partial charge in [0.05, 0.1) is 12.3 Å². The van der Waals surface area contributed by atoms with Crippen molar-refractivity contribution in [3.8, 4) is 0 Å². The normalized spacial score (nSPS) is 15.6. The van der Waals surface area contributed by atoms with Crippen LogP contribution in [0.25, 0.3) is 0 Å². The molecule has 7 heteroatoms. The number of pyridine rings is 1. The molecule has 0 spiro atoms. The summed E-state index contributed by atoms with van der Waals surface area (Å²) in [5.74, 6) is 1.77. The summed E-state index contributed by atoms with van der Waals surface area (Å²) in [4.78, 5) is 20.8. The maximum Gasteiger partial charge on any atom is 0.315 e. The number of nitrogens with one attached hydrogen (secondary N) is 2. The smallest absolute Gasteiger partial charge is 0.315 e. The second-order valence-electron chi connectivity index (χ2n) is 6.75. The first-order valence-corrected chi connectivity index (χ1v) is 9.05. The lowest BCUT2D eigenvalue weighted by molar-refractivity contribution is 0.203. The Labute approximate surface area is 154 Å². The van der Waals surface area contributed by atoms with Crippen LogP contribution in [0.1, 0.15) is 30.2 Å².